The molecule has 0 bridgehead atoms. The van der Waals surface area contributed by atoms with E-state index in [1.807, 2.05) is 11.8 Å². The third-order valence-electron chi connectivity index (χ3n) is 3.75. The minimum Gasteiger partial charge on any atom is -0.341 e. The van der Waals surface area contributed by atoms with Crippen molar-refractivity contribution in [3.8, 4) is 0 Å². The number of amides is 3. The molecule has 0 aromatic carbocycles. The average molecular weight is 294 g/mol. The fourth-order valence-electron chi connectivity index (χ4n) is 2.55. The summed E-state index contributed by atoms with van der Waals surface area (Å²) < 4.78 is 0. The van der Waals surface area contributed by atoms with Crippen LogP contribution in [0, 0.1) is 0 Å². The van der Waals surface area contributed by atoms with Crippen molar-refractivity contribution < 1.29 is 14.4 Å². The number of hydrazone groups is 1. The average Bonchev–Trinajstić information content (AvgIpc) is 2.73. The second kappa shape index (κ2) is 7.19. The van der Waals surface area contributed by atoms with Gasteiger partial charge in [0.25, 0.3) is 5.91 Å². The van der Waals surface area contributed by atoms with E-state index < -0.39 is 0 Å². The van der Waals surface area contributed by atoms with Crippen LogP contribution < -0.4 is 5.43 Å². The number of rotatable bonds is 3. The summed E-state index contributed by atoms with van der Waals surface area (Å²) in [5.74, 6) is -0.118. The second-order valence-corrected chi connectivity index (χ2v) is 5.37. The first kappa shape index (κ1) is 15.5. The van der Waals surface area contributed by atoms with Crippen LogP contribution in [0.4, 0.5) is 0 Å². The van der Waals surface area contributed by atoms with E-state index in [9.17, 15) is 14.4 Å². The Balaban J connectivity index is 1.92. The summed E-state index contributed by atoms with van der Waals surface area (Å²) in [6.07, 6.45) is 2.88. The Morgan fingerprint density at radius 2 is 1.86 bits per heavy atom. The van der Waals surface area contributed by atoms with Gasteiger partial charge in [-0.25, -0.2) is 5.43 Å². The summed E-state index contributed by atoms with van der Waals surface area (Å²) in [5, 5.41) is 3.85. The van der Waals surface area contributed by atoms with Crippen molar-refractivity contribution in [1.29, 1.82) is 0 Å². The number of nitrogens with one attached hydrogen (secondary N) is 1. The van der Waals surface area contributed by atoms with E-state index in [-0.39, 0.29) is 17.7 Å². The van der Waals surface area contributed by atoms with Gasteiger partial charge in [-0.2, -0.15) is 5.10 Å². The predicted molar refractivity (Wildman–Crippen MR) is 77.5 cm³/mol. The van der Waals surface area contributed by atoms with Gasteiger partial charge in [0.1, 0.15) is 5.71 Å². The second-order valence-electron chi connectivity index (χ2n) is 5.37. The van der Waals surface area contributed by atoms with Gasteiger partial charge in [0, 0.05) is 45.4 Å². The minimum absolute atomic E-state index is 0.125. The highest BCUT2D eigenvalue weighted by Gasteiger charge is 2.26. The summed E-state index contributed by atoms with van der Waals surface area (Å²) in [5.41, 5.74) is 2.75. The first-order chi connectivity index (χ1) is 10.1. The van der Waals surface area contributed by atoms with Gasteiger partial charge in [-0.3, -0.25) is 14.4 Å². The number of hydrogen-bond donors (Lipinski definition) is 1. The van der Waals surface area contributed by atoms with Crippen LogP contribution in [-0.2, 0) is 14.4 Å². The Labute approximate surface area is 124 Å². The molecule has 2 rings (SSSR count). The highest BCUT2D eigenvalue weighted by molar-refractivity contribution is 6.39. The lowest BCUT2D eigenvalue weighted by molar-refractivity contribution is -0.131. The molecule has 7 heteroatoms. The smallest absolute Gasteiger partial charge is 0.270 e. The molecule has 3 amide bonds. The van der Waals surface area contributed by atoms with Crippen LogP contribution in [0.15, 0.2) is 5.10 Å². The maximum atomic E-state index is 12.4. The van der Waals surface area contributed by atoms with Crippen LogP contribution in [0.3, 0.4) is 0 Å². The Morgan fingerprint density at radius 1 is 1.14 bits per heavy atom. The van der Waals surface area contributed by atoms with Crippen LogP contribution in [0.25, 0.3) is 0 Å². The Hall–Kier alpha value is -1.92. The van der Waals surface area contributed by atoms with Crippen molar-refractivity contribution >= 4 is 23.4 Å². The molecule has 0 aliphatic carbocycles. The number of carbonyl (C=O) groups is 3. The van der Waals surface area contributed by atoms with Gasteiger partial charge in [0.15, 0.2) is 0 Å². The maximum absolute atomic E-state index is 12.4. The Morgan fingerprint density at radius 3 is 2.52 bits per heavy atom. The third-order valence-corrected chi connectivity index (χ3v) is 3.75. The fraction of sp³-hybridized carbons (Fsp3) is 0.714. The van der Waals surface area contributed by atoms with Crippen LogP contribution in [0.1, 0.15) is 39.0 Å². The molecule has 7 nitrogen and oxygen atoms in total. The van der Waals surface area contributed by atoms with E-state index in [1.54, 1.807) is 4.90 Å². The van der Waals surface area contributed by atoms with E-state index in [0.717, 1.165) is 12.8 Å². The van der Waals surface area contributed by atoms with Crippen molar-refractivity contribution in [1.82, 2.24) is 15.2 Å². The van der Waals surface area contributed by atoms with Gasteiger partial charge in [-0.05, 0) is 12.8 Å². The molecule has 0 spiro atoms. The quantitative estimate of drug-likeness (QED) is 0.802. The van der Waals surface area contributed by atoms with Gasteiger partial charge in [0.05, 0.1) is 0 Å². The molecule has 0 aromatic rings. The molecule has 0 radical (unpaired) electrons. The van der Waals surface area contributed by atoms with Crippen LogP contribution in [0.5, 0.6) is 0 Å². The largest absolute Gasteiger partial charge is 0.341 e. The van der Waals surface area contributed by atoms with Crippen molar-refractivity contribution in [2.24, 2.45) is 5.10 Å². The monoisotopic (exact) mass is 294 g/mol. The SMILES string of the molecule is CCCC(=O)N1CCCN(C(=O)C2=NNC(=O)CC2)CC1. The fourth-order valence-corrected chi connectivity index (χ4v) is 2.55. The number of nitrogens with zero attached hydrogens (tertiary/aromatic N) is 3. The van der Waals surface area contributed by atoms with Crippen molar-refractivity contribution in [3.63, 3.8) is 0 Å². The highest BCUT2D eigenvalue weighted by atomic mass is 16.2. The first-order valence-corrected chi connectivity index (χ1v) is 7.54. The maximum Gasteiger partial charge on any atom is 0.270 e. The molecule has 0 atom stereocenters. The van der Waals surface area contributed by atoms with E-state index in [4.69, 9.17) is 0 Å². The zero-order valence-corrected chi connectivity index (χ0v) is 12.4. The molecule has 0 aromatic heterocycles. The Kier molecular flexibility index (Phi) is 5.30. The minimum atomic E-state index is -0.154. The van der Waals surface area contributed by atoms with E-state index >= 15 is 0 Å². The molecule has 0 saturated carbocycles. The van der Waals surface area contributed by atoms with Gasteiger partial charge >= 0.3 is 0 Å². The molecule has 116 valence electrons. The highest BCUT2D eigenvalue weighted by Crippen LogP contribution is 2.09. The zero-order valence-electron chi connectivity index (χ0n) is 12.4. The molecular formula is C14H22N4O3. The lowest BCUT2D eigenvalue weighted by atomic mass is 10.1. The van der Waals surface area contributed by atoms with Crippen molar-refractivity contribution in [3.05, 3.63) is 0 Å². The van der Waals surface area contributed by atoms with Crippen molar-refractivity contribution in [2.45, 2.75) is 39.0 Å². The third kappa shape index (κ3) is 4.03. The summed E-state index contributed by atoms with van der Waals surface area (Å²) in [4.78, 5) is 38.9. The number of carbonyl (C=O) groups excluding carboxylic acids is 3. The first-order valence-electron chi connectivity index (χ1n) is 7.54. The van der Waals surface area contributed by atoms with Gasteiger partial charge in [0.2, 0.25) is 11.8 Å². The van der Waals surface area contributed by atoms with E-state index in [0.29, 0.717) is 51.2 Å². The van der Waals surface area contributed by atoms with E-state index in [2.05, 4.69) is 10.5 Å². The molecule has 1 saturated heterocycles. The standard InChI is InChI=1S/C14H22N4O3/c1-2-4-13(20)17-7-3-8-18(10-9-17)14(21)11-5-6-12(19)16-15-11/h2-10H2,1H3,(H,16,19). The van der Waals surface area contributed by atoms with E-state index in [1.165, 1.54) is 0 Å². The zero-order chi connectivity index (χ0) is 15.2. The normalized spacial score (nSPS) is 19.7. The topological polar surface area (TPSA) is 82.1 Å². The summed E-state index contributed by atoms with van der Waals surface area (Å²) in [6, 6.07) is 0. The molecule has 2 heterocycles. The van der Waals surface area contributed by atoms with Crippen LogP contribution in [0.2, 0.25) is 0 Å². The summed E-state index contributed by atoms with van der Waals surface area (Å²) in [7, 11) is 0. The molecule has 0 unspecified atom stereocenters. The van der Waals surface area contributed by atoms with Gasteiger partial charge in [-0.15, -0.1) is 0 Å². The predicted octanol–water partition coefficient (Wildman–Crippen LogP) is 0.113. The Bertz CT molecular complexity index is 461. The lowest BCUT2D eigenvalue weighted by Crippen LogP contribution is -2.42. The van der Waals surface area contributed by atoms with Gasteiger partial charge in [-0.1, -0.05) is 6.92 Å². The summed E-state index contributed by atoms with van der Waals surface area (Å²) in [6.45, 7) is 4.42. The molecule has 1 fully saturated rings. The summed E-state index contributed by atoms with van der Waals surface area (Å²) >= 11 is 0. The number of hydrogen-bond acceptors (Lipinski definition) is 4. The van der Waals surface area contributed by atoms with Gasteiger partial charge < -0.3 is 9.80 Å². The van der Waals surface area contributed by atoms with Crippen LogP contribution >= 0.6 is 0 Å². The van der Waals surface area contributed by atoms with Crippen molar-refractivity contribution in [2.75, 3.05) is 26.2 Å². The molecule has 2 aliphatic rings. The van der Waals surface area contributed by atoms with Crippen LogP contribution in [-0.4, -0.2) is 59.4 Å². The molecular weight excluding hydrogens is 272 g/mol. The molecule has 2 aliphatic heterocycles. The lowest BCUT2D eigenvalue weighted by Gasteiger charge is -2.23. The molecule has 21 heavy (non-hydrogen) atoms. The molecule has 1 N–H and O–H groups in total.